The maximum atomic E-state index is 10.9. The second-order valence-corrected chi connectivity index (χ2v) is 7.27. The van der Waals surface area contributed by atoms with Gasteiger partial charge in [0.25, 0.3) is 0 Å². The zero-order chi connectivity index (χ0) is 17.1. The molecule has 0 amide bonds. The van der Waals surface area contributed by atoms with E-state index in [4.69, 9.17) is 4.74 Å². The van der Waals surface area contributed by atoms with Gasteiger partial charge in [-0.2, -0.15) is 0 Å². The van der Waals surface area contributed by atoms with Crippen molar-refractivity contribution in [2.45, 2.75) is 62.8 Å². The van der Waals surface area contributed by atoms with Crippen molar-refractivity contribution in [3.63, 3.8) is 0 Å². The van der Waals surface area contributed by atoms with Crippen LogP contribution in [0, 0.1) is 0 Å². The number of aliphatic hydroxyl groups is 4. The number of aliphatic hydroxyl groups excluding tert-OH is 1. The second-order valence-electron chi connectivity index (χ2n) is 6.19. The van der Waals surface area contributed by atoms with Crippen LogP contribution in [0.5, 0.6) is 0 Å². The molecule has 12 heteroatoms. The Kier molecular flexibility index (Phi) is 8.85. The minimum atomic E-state index is -5.60. The number of hydrogen-bond donors (Lipinski definition) is 4. The predicted octanol–water partition coefficient (Wildman–Crippen LogP) is -8.41. The molecule has 0 spiro atoms. The van der Waals surface area contributed by atoms with Crippen LogP contribution in [-0.4, -0.2) is 55.2 Å². The summed E-state index contributed by atoms with van der Waals surface area (Å²) in [7, 11) is -5.60. The van der Waals surface area contributed by atoms with Gasteiger partial charge in [-0.25, -0.2) is 0 Å². The van der Waals surface area contributed by atoms with E-state index in [0.29, 0.717) is 0 Å². The van der Waals surface area contributed by atoms with Crippen LogP contribution < -0.4 is 68.9 Å². The molecule has 2 unspecified atom stereocenters. The molecule has 1 rings (SSSR count). The topological polar surface area (TPSA) is 163 Å². The van der Waals surface area contributed by atoms with E-state index in [1.54, 1.807) is 0 Å². The summed E-state index contributed by atoms with van der Waals surface area (Å²) in [5.74, 6) is -2.52. The summed E-state index contributed by atoms with van der Waals surface area (Å²) < 4.78 is 20.5. The minimum absolute atomic E-state index is 0. The fourth-order valence-corrected chi connectivity index (χ4v) is 3.21. The Morgan fingerprint density at radius 1 is 0.957 bits per heavy atom. The molecule has 0 aromatic heterocycles. The van der Waals surface area contributed by atoms with Crippen molar-refractivity contribution in [3.05, 3.63) is 0 Å². The first-order chi connectivity index (χ1) is 8.97. The molecule has 0 saturated carbocycles. The molecule has 1 heterocycles. The maximum Gasteiger partial charge on any atom is 1.00 e. The number of rotatable bonds is 3. The predicted molar refractivity (Wildman–Crippen MR) is 65.5 cm³/mol. The third kappa shape index (κ3) is 4.10. The smallest absolute Gasteiger partial charge is 0.790 e. The van der Waals surface area contributed by atoms with Crippen LogP contribution in [0.2, 0.25) is 0 Å². The van der Waals surface area contributed by atoms with Crippen molar-refractivity contribution in [1.29, 1.82) is 0 Å². The van der Waals surface area contributed by atoms with E-state index in [0.717, 1.165) is 27.7 Å². The normalized spacial score (nSPS) is 47.4. The summed E-state index contributed by atoms with van der Waals surface area (Å²) in [6.07, 6.45) is 0. The van der Waals surface area contributed by atoms with Crippen molar-refractivity contribution >= 4 is 7.82 Å². The van der Waals surface area contributed by atoms with Gasteiger partial charge in [0.2, 0.25) is 5.79 Å². The van der Waals surface area contributed by atoms with Crippen LogP contribution in [0.4, 0.5) is 0 Å². The number of ether oxygens (including phenoxy) is 1. The Balaban J connectivity index is 0. The van der Waals surface area contributed by atoms with Crippen LogP contribution in [0.25, 0.3) is 0 Å². The maximum absolute atomic E-state index is 10.9. The van der Waals surface area contributed by atoms with Crippen molar-refractivity contribution in [1.82, 2.24) is 0 Å². The standard InChI is InChI=1S/C11H23O9P.2Na/c1-7(6-12)8(2,13)9(3,14)10(4,15)11(5,19-7)20-21(16,17)18;;/h12-15H,6H2,1-5H3,(H2,16,17,18);;/q;2*+1/p-2/t7?,8-,9-,10?,11-;;/m1../s1. The molecular formula is C11H21Na2O9P. The molecule has 5 atom stereocenters. The van der Waals surface area contributed by atoms with E-state index in [2.05, 4.69) is 4.52 Å². The first-order valence-electron chi connectivity index (χ1n) is 6.18. The molecule has 0 bridgehead atoms. The fourth-order valence-electron chi connectivity index (χ4n) is 2.57. The summed E-state index contributed by atoms with van der Waals surface area (Å²) >= 11 is 0. The summed E-state index contributed by atoms with van der Waals surface area (Å²) in [6.45, 7) is 4.34. The van der Waals surface area contributed by atoms with Crippen molar-refractivity contribution in [3.8, 4) is 0 Å². The summed E-state index contributed by atoms with van der Waals surface area (Å²) in [4.78, 5) is 21.8. The Labute approximate surface area is 179 Å². The van der Waals surface area contributed by atoms with Gasteiger partial charge in [-0.15, -0.1) is 0 Å². The quantitative estimate of drug-likeness (QED) is 0.277. The van der Waals surface area contributed by atoms with Crippen LogP contribution in [0.15, 0.2) is 0 Å². The third-order valence-corrected chi connectivity index (χ3v) is 5.39. The molecule has 0 aromatic rings. The Morgan fingerprint density at radius 2 is 1.35 bits per heavy atom. The van der Waals surface area contributed by atoms with Crippen molar-refractivity contribution in [2.24, 2.45) is 0 Å². The van der Waals surface area contributed by atoms with Gasteiger partial charge in [-0.3, -0.25) is 0 Å². The van der Waals surface area contributed by atoms with E-state index in [1.165, 1.54) is 6.92 Å². The van der Waals surface area contributed by atoms with E-state index >= 15 is 0 Å². The van der Waals surface area contributed by atoms with Gasteiger partial charge >= 0.3 is 59.1 Å². The zero-order valence-electron chi connectivity index (χ0n) is 14.5. The molecule has 1 aliphatic rings. The average Bonchev–Trinajstić information content (AvgIpc) is 2.23. The molecular weight excluding hydrogens is 353 g/mol. The number of hydrogen-bond acceptors (Lipinski definition) is 9. The summed E-state index contributed by atoms with van der Waals surface area (Å²) in [5.41, 5.74) is -9.00. The second kappa shape index (κ2) is 7.50. The SMILES string of the molecule is CC1(O)[C@@](C)(OP(=O)([O-])[O-])OC(C)(CO)[C@@](C)(O)[C@@]1(C)O.[Na+].[Na+]. The van der Waals surface area contributed by atoms with Gasteiger partial charge in [0.1, 0.15) is 22.4 Å². The van der Waals surface area contributed by atoms with Gasteiger partial charge in [0.15, 0.2) is 0 Å². The molecule has 0 aromatic carbocycles. The molecule has 9 nitrogen and oxygen atoms in total. The first kappa shape index (κ1) is 27.1. The van der Waals surface area contributed by atoms with Crippen LogP contribution in [0.1, 0.15) is 34.6 Å². The molecule has 126 valence electrons. The summed E-state index contributed by atoms with van der Waals surface area (Å²) in [5, 5.41) is 41.0. The van der Waals surface area contributed by atoms with Gasteiger partial charge in [0, 0.05) is 0 Å². The van der Waals surface area contributed by atoms with Crippen LogP contribution >= 0.6 is 7.82 Å². The van der Waals surface area contributed by atoms with E-state index in [-0.39, 0.29) is 59.1 Å². The first-order valence-corrected chi connectivity index (χ1v) is 7.64. The Morgan fingerprint density at radius 3 is 1.65 bits per heavy atom. The number of phosphoric ester groups is 1. The number of phosphoric acid groups is 1. The van der Waals surface area contributed by atoms with Crippen LogP contribution in [0.3, 0.4) is 0 Å². The summed E-state index contributed by atoms with van der Waals surface area (Å²) in [6, 6.07) is 0. The molecule has 0 aliphatic carbocycles. The van der Waals surface area contributed by atoms with Crippen molar-refractivity contribution < 1.29 is 103 Å². The third-order valence-electron chi connectivity index (χ3n) is 4.82. The molecule has 0 radical (unpaired) electrons. The average molecular weight is 374 g/mol. The van der Waals surface area contributed by atoms with E-state index in [9.17, 15) is 34.8 Å². The largest absolute Gasteiger partial charge is 1.00 e. The molecule has 1 aliphatic heterocycles. The molecule has 1 fully saturated rings. The molecule has 23 heavy (non-hydrogen) atoms. The zero-order valence-corrected chi connectivity index (χ0v) is 19.4. The van der Waals surface area contributed by atoms with E-state index < -0.39 is 42.6 Å². The van der Waals surface area contributed by atoms with Gasteiger partial charge in [-0.1, -0.05) is 0 Å². The Bertz CT molecular complexity index is 478. The minimum Gasteiger partial charge on any atom is -0.790 e. The molecule has 4 N–H and O–H groups in total. The fraction of sp³-hybridized carbons (Fsp3) is 1.00. The Hall–Kier alpha value is 1.91. The molecule has 1 saturated heterocycles. The van der Waals surface area contributed by atoms with Gasteiger partial charge in [0.05, 0.1) is 14.4 Å². The van der Waals surface area contributed by atoms with E-state index in [1.807, 2.05) is 0 Å². The van der Waals surface area contributed by atoms with Crippen LogP contribution in [-0.2, 0) is 13.8 Å². The van der Waals surface area contributed by atoms with Gasteiger partial charge < -0.3 is 44.0 Å². The monoisotopic (exact) mass is 374 g/mol. The van der Waals surface area contributed by atoms with Gasteiger partial charge in [-0.05, 0) is 34.6 Å². The van der Waals surface area contributed by atoms with Crippen molar-refractivity contribution in [2.75, 3.05) is 6.61 Å².